The lowest BCUT2D eigenvalue weighted by Gasteiger charge is -2.37. The van der Waals surface area contributed by atoms with Crippen LogP contribution in [0.3, 0.4) is 0 Å². The first kappa shape index (κ1) is 15.6. The van der Waals surface area contributed by atoms with Crippen LogP contribution in [-0.2, 0) is 9.47 Å². The van der Waals surface area contributed by atoms with E-state index >= 15 is 0 Å². The molecule has 1 aliphatic heterocycles. The number of hydrogen-bond acceptors (Lipinski definition) is 3. The second-order valence-corrected chi connectivity index (χ2v) is 7.67. The molecule has 25 heavy (non-hydrogen) atoms. The maximum Gasteiger partial charge on any atom is 0.171 e. The van der Waals surface area contributed by atoms with Crippen LogP contribution in [0.4, 0.5) is 0 Å². The Balaban J connectivity index is 1.38. The molecule has 1 saturated heterocycles. The molecule has 130 valence electrons. The fourth-order valence-corrected chi connectivity index (χ4v) is 5.16. The van der Waals surface area contributed by atoms with E-state index in [1.165, 1.54) is 17.5 Å². The molecule has 2 bridgehead atoms. The van der Waals surface area contributed by atoms with Crippen LogP contribution in [0.1, 0.15) is 36.4 Å². The van der Waals surface area contributed by atoms with Crippen molar-refractivity contribution in [3.05, 3.63) is 71.8 Å². The summed E-state index contributed by atoms with van der Waals surface area (Å²) in [6.45, 7) is 1.52. The van der Waals surface area contributed by atoms with E-state index in [0.29, 0.717) is 17.9 Å². The summed E-state index contributed by atoms with van der Waals surface area (Å²) in [4.78, 5) is 0. The molecule has 3 unspecified atom stereocenters. The quantitative estimate of drug-likeness (QED) is 0.919. The summed E-state index contributed by atoms with van der Waals surface area (Å²) in [6, 6.07) is 22.4. The van der Waals surface area contributed by atoms with Gasteiger partial charge in [-0.3, -0.25) is 0 Å². The van der Waals surface area contributed by atoms with Crippen molar-refractivity contribution >= 4 is 0 Å². The number of nitrogens with one attached hydrogen (secondary N) is 1. The Morgan fingerprint density at radius 1 is 0.840 bits per heavy atom. The van der Waals surface area contributed by atoms with Crippen molar-refractivity contribution in [3.8, 4) is 0 Å². The summed E-state index contributed by atoms with van der Waals surface area (Å²) < 4.78 is 12.0. The molecule has 2 saturated carbocycles. The molecule has 2 aliphatic carbocycles. The Bertz CT molecular complexity index is 672. The summed E-state index contributed by atoms with van der Waals surface area (Å²) in [5, 5.41) is 3.98. The summed E-state index contributed by atoms with van der Waals surface area (Å²) in [5.74, 6) is 0.945. The highest BCUT2D eigenvalue weighted by molar-refractivity contribution is 5.32. The molecule has 0 radical (unpaired) electrons. The average molecular weight is 335 g/mol. The highest BCUT2D eigenvalue weighted by Crippen LogP contribution is 2.54. The van der Waals surface area contributed by atoms with E-state index in [0.717, 1.165) is 26.1 Å². The van der Waals surface area contributed by atoms with Crippen molar-refractivity contribution in [1.29, 1.82) is 0 Å². The fraction of sp³-hybridized carbons (Fsp3) is 0.455. The van der Waals surface area contributed by atoms with Gasteiger partial charge >= 0.3 is 0 Å². The first-order chi connectivity index (χ1) is 12.3. The molecule has 3 heteroatoms. The third-order valence-corrected chi connectivity index (χ3v) is 6.29. The second kappa shape index (κ2) is 6.24. The highest BCUT2D eigenvalue weighted by Gasteiger charge is 2.58. The van der Waals surface area contributed by atoms with E-state index in [1.54, 1.807) is 0 Å². The van der Waals surface area contributed by atoms with Crippen molar-refractivity contribution in [2.75, 3.05) is 13.2 Å². The Morgan fingerprint density at radius 3 is 1.96 bits per heavy atom. The summed E-state index contributed by atoms with van der Waals surface area (Å²) >= 11 is 0. The lowest BCUT2D eigenvalue weighted by Crippen LogP contribution is -2.45. The van der Waals surface area contributed by atoms with Gasteiger partial charge in [-0.15, -0.1) is 0 Å². The van der Waals surface area contributed by atoms with Gasteiger partial charge < -0.3 is 14.8 Å². The number of hydrogen-bond donors (Lipinski definition) is 1. The van der Waals surface area contributed by atoms with Crippen LogP contribution in [0.2, 0.25) is 0 Å². The summed E-state index contributed by atoms with van der Waals surface area (Å²) in [5.41, 5.74) is 2.67. The molecule has 1 N–H and O–H groups in total. The molecule has 3 aliphatic rings. The Morgan fingerprint density at radius 2 is 1.44 bits per heavy atom. The van der Waals surface area contributed by atoms with E-state index in [2.05, 4.69) is 66.0 Å². The zero-order chi connectivity index (χ0) is 16.7. The predicted molar refractivity (Wildman–Crippen MR) is 97.1 cm³/mol. The zero-order valence-corrected chi connectivity index (χ0v) is 14.4. The van der Waals surface area contributed by atoms with Gasteiger partial charge in [-0.2, -0.15) is 0 Å². The van der Waals surface area contributed by atoms with Crippen LogP contribution in [0, 0.1) is 11.8 Å². The van der Waals surface area contributed by atoms with Gasteiger partial charge in [-0.05, 0) is 29.9 Å². The van der Waals surface area contributed by atoms with Gasteiger partial charge in [-0.1, -0.05) is 60.7 Å². The summed E-state index contributed by atoms with van der Waals surface area (Å²) in [7, 11) is 0. The fourth-order valence-electron chi connectivity index (χ4n) is 5.16. The number of benzene rings is 2. The van der Waals surface area contributed by atoms with Crippen molar-refractivity contribution < 1.29 is 9.47 Å². The van der Waals surface area contributed by atoms with Crippen molar-refractivity contribution in [2.45, 2.75) is 37.1 Å². The normalized spacial score (nSPS) is 29.7. The lowest BCUT2D eigenvalue weighted by atomic mass is 9.88. The van der Waals surface area contributed by atoms with Crippen molar-refractivity contribution in [3.63, 3.8) is 0 Å². The third kappa shape index (κ3) is 2.71. The topological polar surface area (TPSA) is 30.5 Å². The summed E-state index contributed by atoms with van der Waals surface area (Å²) in [6.07, 6.45) is 3.43. The van der Waals surface area contributed by atoms with Gasteiger partial charge in [-0.25, -0.2) is 0 Å². The molecule has 5 rings (SSSR count). The van der Waals surface area contributed by atoms with Gasteiger partial charge in [0.05, 0.1) is 19.3 Å². The minimum Gasteiger partial charge on any atom is -0.347 e. The Kier molecular flexibility index (Phi) is 3.89. The number of ether oxygens (including phenoxy) is 2. The van der Waals surface area contributed by atoms with E-state index < -0.39 is 0 Å². The molecule has 3 nitrogen and oxygen atoms in total. The lowest BCUT2D eigenvalue weighted by molar-refractivity contribution is -0.192. The van der Waals surface area contributed by atoms with Gasteiger partial charge in [0.25, 0.3) is 0 Å². The third-order valence-electron chi connectivity index (χ3n) is 6.29. The monoisotopic (exact) mass is 335 g/mol. The first-order valence-corrected chi connectivity index (χ1v) is 9.48. The van der Waals surface area contributed by atoms with E-state index in [4.69, 9.17) is 9.47 Å². The van der Waals surface area contributed by atoms with Gasteiger partial charge in [0.2, 0.25) is 0 Å². The smallest absolute Gasteiger partial charge is 0.171 e. The van der Waals surface area contributed by atoms with Crippen LogP contribution >= 0.6 is 0 Å². The van der Waals surface area contributed by atoms with Gasteiger partial charge in [0.1, 0.15) is 0 Å². The number of fused-ring (bicyclic) bond motifs is 3. The largest absolute Gasteiger partial charge is 0.347 e. The molecule has 3 atom stereocenters. The maximum atomic E-state index is 6.01. The Labute approximate surface area is 149 Å². The molecular formula is C22H25NO2. The first-order valence-electron chi connectivity index (χ1n) is 9.48. The van der Waals surface area contributed by atoms with E-state index in [9.17, 15) is 0 Å². The molecule has 2 aromatic rings. The van der Waals surface area contributed by atoms with Gasteiger partial charge in [0, 0.05) is 18.4 Å². The van der Waals surface area contributed by atoms with Crippen molar-refractivity contribution in [2.24, 2.45) is 11.8 Å². The highest BCUT2D eigenvalue weighted by atomic mass is 16.7. The Hall–Kier alpha value is -1.68. The zero-order valence-electron chi connectivity index (χ0n) is 14.4. The minimum absolute atomic E-state index is 0.244. The van der Waals surface area contributed by atoms with Gasteiger partial charge in [0.15, 0.2) is 5.79 Å². The van der Waals surface area contributed by atoms with Crippen molar-refractivity contribution in [1.82, 2.24) is 5.32 Å². The molecule has 0 aromatic heterocycles. The SMILES string of the molecule is c1ccc(C(NC2CC3CC2CC32OCCO2)c2ccccc2)cc1. The van der Waals surface area contributed by atoms with Crippen LogP contribution in [-0.4, -0.2) is 25.0 Å². The van der Waals surface area contributed by atoms with Crippen LogP contribution in [0.25, 0.3) is 0 Å². The van der Waals surface area contributed by atoms with E-state index in [1.807, 2.05) is 0 Å². The number of rotatable bonds is 4. The second-order valence-electron chi connectivity index (χ2n) is 7.67. The molecule has 3 fully saturated rings. The molecule has 0 amide bonds. The standard InChI is InChI=1S/C22H25NO2/c1-3-7-16(8-4-1)21(17-9-5-2-6-10-17)23-20-14-19-13-18(20)15-22(19)24-11-12-25-22/h1-10,18-21,23H,11-15H2. The average Bonchev–Trinajstić information content (AvgIpc) is 3.38. The minimum atomic E-state index is -0.252. The molecular weight excluding hydrogens is 310 g/mol. The van der Waals surface area contributed by atoms with Crippen LogP contribution in [0.15, 0.2) is 60.7 Å². The van der Waals surface area contributed by atoms with E-state index in [-0.39, 0.29) is 11.8 Å². The molecule has 1 heterocycles. The predicted octanol–water partition coefficient (Wildman–Crippen LogP) is 3.91. The van der Waals surface area contributed by atoms with Crippen LogP contribution in [0.5, 0.6) is 0 Å². The maximum absolute atomic E-state index is 6.01. The molecule has 2 aromatic carbocycles. The van der Waals surface area contributed by atoms with Crippen LogP contribution < -0.4 is 5.32 Å². The molecule has 1 spiro atoms.